The van der Waals surface area contributed by atoms with Crippen molar-refractivity contribution in [3.63, 3.8) is 0 Å². The molecule has 0 bridgehead atoms. The van der Waals surface area contributed by atoms with E-state index in [9.17, 15) is 0 Å². The summed E-state index contributed by atoms with van der Waals surface area (Å²) in [6, 6.07) is 0. The summed E-state index contributed by atoms with van der Waals surface area (Å²) in [6.45, 7) is 9.34. The van der Waals surface area contributed by atoms with Gasteiger partial charge in [-0.15, -0.1) is 51.6 Å². The summed E-state index contributed by atoms with van der Waals surface area (Å²) in [5, 5.41) is 0. The minimum absolute atomic E-state index is 0. The maximum absolute atomic E-state index is 3.42. The van der Waals surface area contributed by atoms with Gasteiger partial charge in [0.15, 0.2) is 0 Å². The molecule has 0 nitrogen and oxygen atoms in total. The molecule has 0 aromatic rings. The van der Waals surface area contributed by atoms with Crippen LogP contribution in [0.15, 0.2) is 17.7 Å². The molecule has 0 atom stereocenters. The van der Waals surface area contributed by atoms with Gasteiger partial charge in [-0.1, -0.05) is 13.8 Å². The van der Waals surface area contributed by atoms with Crippen molar-refractivity contribution < 1.29 is 25.8 Å². The molecular formula is C11H21Cl3HfP-. The van der Waals surface area contributed by atoms with Gasteiger partial charge in [-0.05, 0) is 24.9 Å². The molecule has 0 radical (unpaired) electrons. The molecule has 0 N–H and O–H groups in total. The molecule has 0 saturated carbocycles. The number of rotatable bonds is 3. The number of allylic oxidation sites excluding steroid dienone is 4. The smallest absolute Gasteiger partial charge is 0 e. The summed E-state index contributed by atoms with van der Waals surface area (Å²) >= 11 is 0. The van der Waals surface area contributed by atoms with Crippen molar-refractivity contribution in [3.05, 3.63) is 23.8 Å². The molecule has 0 amide bonds. The van der Waals surface area contributed by atoms with E-state index < -0.39 is 0 Å². The Balaban J connectivity index is -0.000000180. The van der Waals surface area contributed by atoms with Gasteiger partial charge in [0.2, 0.25) is 0 Å². The van der Waals surface area contributed by atoms with Crippen LogP contribution in [-0.4, -0.2) is 19.5 Å². The Hall–Kier alpha value is 1.65. The SMILES string of the molecule is CP(C)CC(C)(C)C1=[C-]CC=C1.Cl.Cl.Cl.[Hf]. The van der Waals surface area contributed by atoms with Crippen molar-refractivity contribution >= 4 is 45.1 Å². The summed E-state index contributed by atoms with van der Waals surface area (Å²) < 4.78 is 0. The Morgan fingerprint density at radius 1 is 1.25 bits per heavy atom. The van der Waals surface area contributed by atoms with Crippen molar-refractivity contribution in [1.29, 1.82) is 0 Å². The van der Waals surface area contributed by atoms with Crippen LogP contribution in [0.5, 0.6) is 0 Å². The molecule has 0 heterocycles. The molecule has 0 aromatic heterocycles. The van der Waals surface area contributed by atoms with E-state index in [1.807, 2.05) is 0 Å². The molecule has 0 aromatic carbocycles. The second kappa shape index (κ2) is 11.7. The van der Waals surface area contributed by atoms with Gasteiger partial charge >= 0.3 is 0 Å². The van der Waals surface area contributed by atoms with E-state index in [-0.39, 0.29) is 71.0 Å². The van der Waals surface area contributed by atoms with E-state index >= 15 is 0 Å². The summed E-state index contributed by atoms with van der Waals surface area (Å²) in [7, 11) is 0.201. The van der Waals surface area contributed by atoms with Crippen LogP contribution in [0.2, 0.25) is 0 Å². The molecule has 96 valence electrons. The molecule has 16 heavy (non-hydrogen) atoms. The Morgan fingerprint density at radius 3 is 2.06 bits per heavy atom. The molecular weight excluding hydrogens is 448 g/mol. The quantitative estimate of drug-likeness (QED) is 0.320. The first-order valence-corrected chi connectivity index (χ1v) is 6.87. The van der Waals surface area contributed by atoms with E-state index in [4.69, 9.17) is 0 Å². The Labute approximate surface area is 139 Å². The van der Waals surface area contributed by atoms with Crippen LogP contribution in [0.1, 0.15) is 20.3 Å². The predicted octanol–water partition coefficient (Wildman–Crippen LogP) is 4.71. The zero-order valence-electron chi connectivity index (χ0n) is 10.2. The van der Waals surface area contributed by atoms with Crippen LogP contribution in [0.25, 0.3) is 0 Å². The topological polar surface area (TPSA) is 0 Å². The average Bonchev–Trinajstić information content (AvgIpc) is 2.32. The van der Waals surface area contributed by atoms with Gasteiger partial charge in [0.1, 0.15) is 0 Å². The molecule has 1 rings (SSSR count). The molecule has 0 saturated heterocycles. The maximum atomic E-state index is 3.42. The normalized spacial score (nSPS) is 12.9. The zero-order chi connectivity index (χ0) is 9.19. The average molecular weight is 469 g/mol. The third kappa shape index (κ3) is 8.70. The maximum Gasteiger partial charge on any atom is 0 e. The molecule has 1 aliphatic rings. The van der Waals surface area contributed by atoms with Gasteiger partial charge in [0, 0.05) is 25.8 Å². The van der Waals surface area contributed by atoms with E-state index in [0.29, 0.717) is 5.41 Å². The van der Waals surface area contributed by atoms with Crippen molar-refractivity contribution in [3.8, 4) is 0 Å². The molecule has 0 fully saturated rings. The van der Waals surface area contributed by atoms with Gasteiger partial charge in [0.25, 0.3) is 0 Å². The number of halogens is 3. The van der Waals surface area contributed by atoms with Crippen LogP contribution in [0.3, 0.4) is 0 Å². The fourth-order valence-electron chi connectivity index (χ4n) is 1.75. The van der Waals surface area contributed by atoms with E-state index in [1.165, 1.54) is 11.7 Å². The second-order valence-corrected chi connectivity index (χ2v) is 6.79. The van der Waals surface area contributed by atoms with Crippen LogP contribution in [0, 0.1) is 11.5 Å². The molecule has 0 unspecified atom stereocenters. The summed E-state index contributed by atoms with van der Waals surface area (Å²) in [5.74, 6) is 0. The molecule has 0 aliphatic heterocycles. The fourth-order valence-corrected chi connectivity index (χ4v) is 3.50. The molecule has 5 heteroatoms. The number of hydrogen-bond donors (Lipinski definition) is 0. The van der Waals surface area contributed by atoms with Crippen molar-refractivity contribution in [2.24, 2.45) is 5.41 Å². The summed E-state index contributed by atoms with van der Waals surface area (Å²) in [6.07, 6.45) is 10.2. The first-order chi connectivity index (χ1) is 5.52. The minimum Gasteiger partial charge on any atom is -0.269 e. The summed E-state index contributed by atoms with van der Waals surface area (Å²) in [5.41, 5.74) is 1.76. The Kier molecular flexibility index (Phi) is 19.2. The third-order valence-corrected chi connectivity index (χ3v) is 3.56. The zero-order valence-corrected chi connectivity index (χ0v) is 17.2. The van der Waals surface area contributed by atoms with Crippen molar-refractivity contribution in [2.75, 3.05) is 19.5 Å². The van der Waals surface area contributed by atoms with Gasteiger partial charge in [-0.3, -0.25) is 6.08 Å². The van der Waals surface area contributed by atoms with Crippen LogP contribution in [-0.2, 0) is 25.8 Å². The predicted molar refractivity (Wildman–Crippen MR) is 79.7 cm³/mol. The van der Waals surface area contributed by atoms with Crippen LogP contribution >= 0.6 is 45.1 Å². The Morgan fingerprint density at radius 2 is 1.75 bits per heavy atom. The van der Waals surface area contributed by atoms with E-state index in [2.05, 4.69) is 45.4 Å². The molecule has 0 spiro atoms. The fraction of sp³-hybridized carbons (Fsp3) is 0.636. The Bertz CT molecular complexity index is 225. The van der Waals surface area contributed by atoms with Gasteiger partial charge < -0.3 is 0 Å². The monoisotopic (exact) mass is 469 g/mol. The first-order valence-electron chi connectivity index (χ1n) is 4.45. The van der Waals surface area contributed by atoms with Crippen molar-refractivity contribution in [1.82, 2.24) is 0 Å². The van der Waals surface area contributed by atoms with Crippen LogP contribution in [0.4, 0.5) is 0 Å². The van der Waals surface area contributed by atoms with Gasteiger partial charge in [0.05, 0.1) is 0 Å². The summed E-state index contributed by atoms with van der Waals surface area (Å²) in [4.78, 5) is 0. The molecule has 1 aliphatic carbocycles. The standard InChI is InChI=1S/C11H18P.3ClH.Hf/c1-11(2,9-12(3)4)10-7-5-6-8-10;;;;/h5,7H,6,9H2,1-4H3;3*1H;/q-1;;;;. The van der Waals surface area contributed by atoms with Crippen LogP contribution < -0.4 is 0 Å². The van der Waals surface area contributed by atoms with Crippen molar-refractivity contribution in [2.45, 2.75) is 20.3 Å². The minimum atomic E-state index is 0. The first kappa shape index (κ1) is 26.3. The van der Waals surface area contributed by atoms with Gasteiger partial charge in [-0.25, -0.2) is 11.6 Å². The number of hydrogen-bond acceptors (Lipinski definition) is 0. The van der Waals surface area contributed by atoms with E-state index in [0.717, 1.165) is 6.42 Å². The third-order valence-electron chi connectivity index (χ3n) is 2.14. The largest absolute Gasteiger partial charge is 0.269 e. The van der Waals surface area contributed by atoms with E-state index in [1.54, 1.807) is 0 Å². The second-order valence-electron chi connectivity index (χ2n) is 4.32. The van der Waals surface area contributed by atoms with Gasteiger partial charge in [-0.2, -0.15) is 6.08 Å².